The predicted molar refractivity (Wildman–Crippen MR) is 46.3 cm³/mol. The monoisotopic (exact) mass is 198 g/mol. The Morgan fingerprint density at radius 3 is 2.79 bits per heavy atom. The van der Waals surface area contributed by atoms with Crippen molar-refractivity contribution >= 4 is 17.5 Å². The van der Waals surface area contributed by atoms with Crippen LogP contribution in [0.25, 0.3) is 0 Å². The Bertz CT molecular complexity index is 310. The van der Waals surface area contributed by atoms with Crippen LogP contribution in [0, 0.1) is 0 Å². The van der Waals surface area contributed by atoms with Crippen molar-refractivity contribution in [1.29, 1.82) is 0 Å². The van der Waals surface area contributed by atoms with Gasteiger partial charge in [0.25, 0.3) is 0 Å². The average Bonchev–Trinajstić information content (AvgIpc) is 2.11. The van der Waals surface area contributed by atoms with Crippen molar-refractivity contribution < 1.29 is 19.5 Å². The Morgan fingerprint density at radius 1 is 1.64 bits per heavy atom. The van der Waals surface area contributed by atoms with Crippen molar-refractivity contribution in [1.82, 2.24) is 4.90 Å². The van der Waals surface area contributed by atoms with E-state index in [0.29, 0.717) is 0 Å². The van der Waals surface area contributed by atoms with E-state index in [1.54, 1.807) is 0 Å². The first-order chi connectivity index (χ1) is 6.50. The molecule has 1 unspecified atom stereocenters. The highest BCUT2D eigenvalue weighted by atomic mass is 16.4. The van der Waals surface area contributed by atoms with Crippen molar-refractivity contribution in [3.63, 3.8) is 0 Å². The molecule has 0 saturated heterocycles. The topological polar surface area (TPSA) is 101 Å². The van der Waals surface area contributed by atoms with Gasteiger partial charge in [-0.3, -0.25) is 14.4 Å². The van der Waals surface area contributed by atoms with E-state index >= 15 is 0 Å². The molecule has 3 N–H and O–H groups in total. The smallest absolute Gasteiger partial charge is 0.322 e. The molecule has 0 spiro atoms. The van der Waals surface area contributed by atoms with Crippen LogP contribution < -0.4 is 5.73 Å². The van der Waals surface area contributed by atoms with Crippen molar-refractivity contribution in [3.05, 3.63) is 12.3 Å². The lowest BCUT2D eigenvalue weighted by molar-refractivity contribution is -0.139. The number of allylic oxidation sites excluding steroid dienone is 1. The van der Waals surface area contributed by atoms with Gasteiger partial charge in [0, 0.05) is 18.8 Å². The Kier molecular flexibility index (Phi) is 2.98. The number of carboxylic acid groups (broad SMARTS) is 1. The molecule has 1 rings (SSSR count). The largest absolute Gasteiger partial charge is 0.480 e. The van der Waals surface area contributed by atoms with Gasteiger partial charge in [-0.05, 0) is 0 Å². The Hall–Kier alpha value is -1.69. The lowest BCUT2D eigenvalue weighted by Gasteiger charge is -2.23. The molecule has 6 nitrogen and oxygen atoms in total. The lowest BCUT2D eigenvalue weighted by Crippen LogP contribution is -2.44. The van der Waals surface area contributed by atoms with Gasteiger partial charge < -0.3 is 15.7 Å². The highest BCUT2D eigenvalue weighted by Gasteiger charge is 2.22. The summed E-state index contributed by atoms with van der Waals surface area (Å²) in [5.74, 6) is -2.25. The quantitative estimate of drug-likeness (QED) is 0.528. The summed E-state index contributed by atoms with van der Waals surface area (Å²) in [6.45, 7) is -0.0822. The van der Waals surface area contributed by atoms with E-state index in [2.05, 4.69) is 0 Å². The molecule has 0 amide bonds. The second-order valence-corrected chi connectivity index (χ2v) is 2.98. The van der Waals surface area contributed by atoms with Crippen LogP contribution in [0.5, 0.6) is 0 Å². The van der Waals surface area contributed by atoms with Crippen LogP contribution in [0.1, 0.15) is 0 Å². The molecule has 0 aliphatic carbocycles. The minimum absolute atomic E-state index is 0.0187. The van der Waals surface area contributed by atoms with Gasteiger partial charge in [-0.25, -0.2) is 0 Å². The van der Waals surface area contributed by atoms with Crippen LogP contribution in [-0.4, -0.2) is 46.7 Å². The summed E-state index contributed by atoms with van der Waals surface area (Å²) >= 11 is 0. The second-order valence-electron chi connectivity index (χ2n) is 2.98. The number of nitrogens with zero attached hydrogens (tertiary/aromatic N) is 1. The molecule has 0 aromatic heterocycles. The fraction of sp³-hybridized carbons (Fsp3) is 0.375. The number of carboxylic acids is 1. The van der Waals surface area contributed by atoms with Crippen LogP contribution in [0.2, 0.25) is 0 Å². The fourth-order valence-corrected chi connectivity index (χ4v) is 1.04. The zero-order valence-electron chi connectivity index (χ0n) is 7.34. The van der Waals surface area contributed by atoms with E-state index in [1.165, 1.54) is 11.1 Å². The molecule has 0 aromatic rings. The maximum atomic E-state index is 10.9. The van der Waals surface area contributed by atoms with E-state index in [0.717, 1.165) is 6.08 Å². The number of hydrogen-bond acceptors (Lipinski definition) is 5. The normalized spacial score (nSPS) is 18.5. The summed E-state index contributed by atoms with van der Waals surface area (Å²) in [6.07, 6.45) is 2.49. The number of carbonyl (C=O) groups is 3. The molecule has 76 valence electrons. The van der Waals surface area contributed by atoms with Crippen LogP contribution in [-0.2, 0) is 14.4 Å². The zero-order valence-corrected chi connectivity index (χ0v) is 7.34. The number of rotatable bonds is 3. The number of carbonyl (C=O) groups excluding carboxylic acids is 2. The van der Waals surface area contributed by atoms with E-state index in [-0.39, 0.29) is 13.1 Å². The zero-order chi connectivity index (χ0) is 10.7. The van der Waals surface area contributed by atoms with Crippen molar-refractivity contribution in [2.45, 2.75) is 6.04 Å². The van der Waals surface area contributed by atoms with Gasteiger partial charge in [-0.15, -0.1) is 0 Å². The summed E-state index contributed by atoms with van der Waals surface area (Å²) in [7, 11) is 0. The van der Waals surface area contributed by atoms with Gasteiger partial charge in [-0.1, -0.05) is 0 Å². The minimum atomic E-state index is -1.14. The number of ketones is 2. The molecular weight excluding hydrogens is 188 g/mol. The van der Waals surface area contributed by atoms with Gasteiger partial charge >= 0.3 is 5.97 Å². The molecule has 0 saturated carbocycles. The third-order valence-electron chi connectivity index (χ3n) is 1.81. The highest BCUT2D eigenvalue weighted by Crippen LogP contribution is 2.00. The van der Waals surface area contributed by atoms with Crippen LogP contribution in [0.3, 0.4) is 0 Å². The summed E-state index contributed by atoms with van der Waals surface area (Å²) in [6, 6.07) is -1.05. The van der Waals surface area contributed by atoms with Gasteiger partial charge in [0.1, 0.15) is 6.04 Å². The molecule has 0 bridgehead atoms. The van der Waals surface area contributed by atoms with Crippen molar-refractivity contribution in [2.24, 2.45) is 5.73 Å². The van der Waals surface area contributed by atoms with E-state index in [1.807, 2.05) is 0 Å². The number of hydrogen-bond donors (Lipinski definition) is 2. The van der Waals surface area contributed by atoms with Gasteiger partial charge in [0.05, 0.1) is 6.54 Å². The Balaban J connectivity index is 2.56. The first-order valence-corrected chi connectivity index (χ1v) is 3.98. The van der Waals surface area contributed by atoms with Gasteiger partial charge in [0.2, 0.25) is 11.6 Å². The SMILES string of the molecule is NC(CN1C=CC(=O)C(=O)C1)C(=O)O. The minimum Gasteiger partial charge on any atom is -0.480 e. The maximum absolute atomic E-state index is 10.9. The Labute approximate surface area is 80.0 Å². The van der Waals surface area contributed by atoms with Crippen LogP contribution in [0.4, 0.5) is 0 Å². The second kappa shape index (κ2) is 4.01. The van der Waals surface area contributed by atoms with Crippen LogP contribution >= 0.6 is 0 Å². The van der Waals surface area contributed by atoms with Crippen LogP contribution in [0.15, 0.2) is 12.3 Å². The van der Waals surface area contributed by atoms with Crippen molar-refractivity contribution in [2.75, 3.05) is 13.1 Å². The third-order valence-corrected chi connectivity index (χ3v) is 1.81. The third kappa shape index (κ3) is 2.40. The molecule has 1 heterocycles. The van der Waals surface area contributed by atoms with E-state index in [9.17, 15) is 14.4 Å². The molecule has 0 radical (unpaired) electrons. The molecule has 1 aliphatic rings. The lowest BCUT2D eigenvalue weighted by atomic mass is 10.1. The number of nitrogens with two attached hydrogens (primary N) is 1. The summed E-state index contributed by atoms with van der Waals surface area (Å²) in [4.78, 5) is 33.5. The molecular formula is C8H10N2O4. The van der Waals surface area contributed by atoms with E-state index < -0.39 is 23.6 Å². The predicted octanol–water partition coefficient (Wildman–Crippen LogP) is -1.63. The maximum Gasteiger partial charge on any atom is 0.322 e. The molecule has 6 heteroatoms. The fourth-order valence-electron chi connectivity index (χ4n) is 1.04. The number of aliphatic carboxylic acids is 1. The molecule has 0 aromatic carbocycles. The van der Waals surface area contributed by atoms with Gasteiger partial charge in [0.15, 0.2) is 0 Å². The molecule has 1 atom stereocenters. The highest BCUT2D eigenvalue weighted by molar-refractivity contribution is 6.42. The number of Topliss-reactive ketones (excluding diaryl/α,β-unsaturated/α-hetero) is 1. The standard InChI is InChI=1S/C8H10N2O4/c9-5(8(13)14)3-10-2-1-6(11)7(12)4-10/h1-2,5H,3-4,9H2,(H,13,14). The van der Waals surface area contributed by atoms with Gasteiger partial charge in [-0.2, -0.15) is 0 Å². The summed E-state index contributed by atoms with van der Waals surface area (Å²) < 4.78 is 0. The first-order valence-electron chi connectivity index (χ1n) is 3.98. The summed E-state index contributed by atoms with van der Waals surface area (Å²) in [5.41, 5.74) is 5.26. The Morgan fingerprint density at radius 2 is 2.29 bits per heavy atom. The first kappa shape index (κ1) is 10.4. The molecule has 14 heavy (non-hydrogen) atoms. The molecule has 0 fully saturated rings. The molecule has 1 aliphatic heterocycles. The van der Waals surface area contributed by atoms with E-state index in [4.69, 9.17) is 10.8 Å². The average molecular weight is 198 g/mol. The summed E-state index contributed by atoms with van der Waals surface area (Å²) in [5, 5.41) is 8.50. The van der Waals surface area contributed by atoms with Crippen molar-refractivity contribution in [3.8, 4) is 0 Å².